The third-order valence-corrected chi connectivity index (χ3v) is 1.51. The molecule has 0 fully saturated rings. The molecule has 0 amide bonds. The van der Waals surface area contributed by atoms with Crippen molar-refractivity contribution in [3.05, 3.63) is 17.5 Å². The van der Waals surface area contributed by atoms with Crippen molar-refractivity contribution < 1.29 is 9.63 Å². The van der Waals surface area contributed by atoms with E-state index in [-0.39, 0.29) is 0 Å². The minimum Gasteiger partial charge on any atom is -0.391 e. The zero-order valence-electron chi connectivity index (χ0n) is 6.61. The summed E-state index contributed by atoms with van der Waals surface area (Å²) in [6.45, 7) is 3.40. The van der Waals surface area contributed by atoms with E-state index in [1.165, 1.54) is 0 Å². The van der Waals surface area contributed by atoms with Gasteiger partial charge >= 0.3 is 0 Å². The van der Waals surface area contributed by atoms with E-state index < -0.39 is 12.1 Å². The first-order chi connectivity index (χ1) is 5.11. The Balaban J connectivity index is 2.76. The summed E-state index contributed by atoms with van der Waals surface area (Å²) in [6, 6.07) is 1.27. The first-order valence-corrected chi connectivity index (χ1v) is 3.48. The van der Waals surface area contributed by atoms with Gasteiger partial charge in [-0.3, -0.25) is 0 Å². The van der Waals surface area contributed by atoms with Gasteiger partial charge in [0.2, 0.25) is 0 Å². The number of aliphatic hydroxyl groups is 1. The van der Waals surface area contributed by atoms with Gasteiger partial charge in [0.1, 0.15) is 11.5 Å². The number of nitrogens with two attached hydrogens (primary N) is 1. The number of hydrogen-bond donors (Lipinski definition) is 2. The average molecular weight is 156 g/mol. The van der Waals surface area contributed by atoms with Gasteiger partial charge in [-0.15, -0.1) is 0 Å². The van der Waals surface area contributed by atoms with Gasteiger partial charge in [0.25, 0.3) is 0 Å². The number of hydrogen-bond acceptors (Lipinski definition) is 4. The number of aromatic nitrogens is 1. The Morgan fingerprint density at radius 2 is 2.36 bits per heavy atom. The normalized spacial score (nSPS) is 16.4. The van der Waals surface area contributed by atoms with Crippen molar-refractivity contribution >= 4 is 0 Å². The summed E-state index contributed by atoms with van der Waals surface area (Å²) in [5.41, 5.74) is 6.17. The third kappa shape index (κ3) is 1.78. The second-order valence-corrected chi connectivity index (χ2v) is 2.63. The van der Waals surface area contributed by atoms with Gasteiger partial charge in [0.05, 0.1) is 12.1 Å². The molecule has 2 atom stereocenters. The predicted molar refractivity (Wildman–Crippen MR) is 39.8 cm³/mol. The lowest BCUT2D eigenvalue weighted by molar-refractivity contribution is 0.160. The molecule has 3 N–H and O–H groups in total. The lowest BCUT2D eigenvalue weighted by atomic mass is 10.1. The molecule has 62 valence electrons. The molecule has 0 saturated heterocycles. The van der Waals surface area contributed by atoms with E-state index in [2.05, 4.69) is 5.16 Å². The van der Waals surface area contributed by atoms with E-state index in [9.17, 15) is 0 Å². The number of nitrogens with zero attached hydrogens (tertiary/aromatic N) is 1. The molecule has 0 aliphatic heterocycles. The molecule has 1 aromatic heterocycles. The fourth-order valence-electron chi connectivity index (χ4n) is 0.790. The summed E-state index contributed by atoms with van der Waals surface area (Å²) in [5.74, 6) is 0.705. The Bertz CT molecular complexity index is 232. The lowest BCUT2D eigenvalue weighted by Crippen LogP contribution is -2.23. The minimum atomic E-state index is -0.598. The van der Waals surface area contributed by atoms with E-state index in [1.54, 1.807) is 19.9 Å². The molecule has 4 heteroatoms. The van der Waals surface area contributed by atoms with Crippen LogP contribution in [0.2, 0.25) is 0 Å². The van der Waals surface area contributed by atoms with Crippen molar-refractivity contribution in [2.24, 2.45) is 5.73 Å². The Kier molecular flexibility index (Phi) is 2.26. The second kappa shape index (κ2) is 3.02. The molecule has 0 aromatic carbocycles. The van der Waals surface area contributed by atoms with Gasteiger partial charge in [0.15, 0.2) is 0 Å². The molecule has 2 unspecified atom stereocenters. The topological polar surface area (TPSA) is 72.3 Å². The van der Waals surface area contributed by atoms with Crippen molar-refractivity contribution in [3.63, 3.8) is 0 Å². The lowest BCUT2D eigenvalue weighted by Gasteiger charge is -2.09. The van der Waals surface area contributed by atoms with E-state index >= 15 is 0 Å². The monoisotopic (exact) mass is 156 g/mol. The van der Waals surface area contributed by atoms with E-state index in [0.717, 1.165) is 0 Å². The molecule has 0 radical (unpaired) electrons. The molecule has 0 saturated carbocycles. The molecule has 1 rings (SSSR count). The van der Waals surface area contributed by atoms with Crippen molar-refractivity contribution in [1.29, 1.82) is 0 Å². The van der Waals surface area contributed by atoms with E-state index in [4.69, 9.17) is 15.4 Å². The van der Waals surface area contributed by atoms with E-state index in [0.29, 0.717) is 11.5 Å². The predicted octanol–water partition coefficient (Wildman–Crippen LogP) is 0.364. The van der Waals surface area contributed by atoms with Crippen LogP contribution in [0.3, 0.4) is 0 Å². The van der Waals surface area contributed by atoms with E-state index in [1.807, 2.05) is 0 Å². The highest BCUT2D eigenvalue weighted by atomic mass is 16.5. The quantitative estimate of drug-likeness (QED) is 0.648. The van der Waals surface area contributed by atoms with Crippen molar-refractivity contribution in [2.45, 2.75) is 26.0 Å². The van der Waals surface area contributed by atoms with Crippen LogP contribution in [0.15, 0.2) is 10.6 Å². The molecule has 0 aliphatic rings. The molecule has 1 aromatic rings. The fraction of sp³-hybridized carbons (Fsp3) is 0.571. The zero-order chi connectivity index (χ0) is 8.43. The molecule has 0 aliphatic carbocycles. The maximum absolute atomic E-state index is 9.08. The van der Waals surface area contributed by atoms with Crippen LogP contribution in [-0.4, -0.2) is 16.4 Å². The SMILES string of the molecule is Cc1cc(C(N)C(C)O)no1. The molecule has 4 nitrogen and oxygen atoms in total. The van der Waals surface area contributed by atoms with Gasteiger partial charge in [0, 0.05) is 6.07 Å². The first-order valence-electron chi connectivity index (χ1n) is 3.48. The van der Waals surface area contributed by atoms with Crippen LogP contribution in [0.25, 0.3) is 0 Å². The van der Waals surface area contributed by atoms with Gasteiger partial charge in [-0.25, -0.2) is 0 Å². The highest BCUT2D eigenvalue weighted by Gasteiger charge is 2.15. The molecule has 1 heterocycles. The summed E-state index contributed by atoms with van der Waals surface area (Å²) in [5, 5.41) is 12.8. The van der Waals surface area contributed by atoms with Crippen molar-refractivity contribution in [3.8, 4) is 0 Å². The maximum atomic E-state index is 9.08. The van der Waals surface area contributed by atoms with Crippen LogP contribution in [-0.2, 0) is 0 Å². The van der Waals surface area contributed by atoms with Gasteiger partial charge in [-0.2, -0.15) is 0 Å². The Morgan fingerprint density at radius 3 is 2.73 bits per heavy atom. The average Bonchev–Trinajstić information content (AvgIpc) is 2.34. The summed E-state index contributed by atoms with van der Waals surface area (Å²) < 4.78 is 4.79. The fourth-order valence-corrected chi connectivity index (χ4v) is 0.790. The Morgan fingerprint density at radius 1 is 1.73 bits per heavy atom. The third-order valence-electron chi connectivity index (χ3n) is 1.51. The maximum Gasteiger partial charge on any atom is 0.133 e. The van der Waals surface area contributed by atoms with Crippen LogP contribution >= 0.6 is 0 Å². The van der Waals surface area contributed by atoms with Gasteiger partial charge in [-0.05, 0) is 13.8 Å². The Hall–Kier alpha value is -0.870. The largest absolute Gasteiger partial charge is 0.391 e. The highest BCUT2D eigenvalue weighted by molar-refractivity contribution is 5.09. The highest BCUT2D eigenvalue weighted by Crippen LogP contribution is 2.13. The van der Waals surface area contributed by atoms with Crippen LogP contribution in [0.5, 0.6) is 0 Å². The summed E-state index contributed by atoms with van der Waals surface area (Å²) >= 11 is 0. The Labute approximate surface area is 65.0 Å². The van der Waals surface area contributed by atoms with Gasteiger partial charge in [-0.1, -0.05) is 5.16 Å². The number of aliphatic hydroxyl groups excluding tert-OH is 1. The minimum absolute atomic E-state index is 0.451. The standard InChI is InChI=1S/C7H12N2O2/c1-4-3-6(9-11-4)7(8)5(2)10/h3,5,7,10H,8H2,1-2H3. The molecular formula is C7H12N2O2. The molecular weight excluding hydrogens is 144 g/mol. The number of rotatable bonds is 2. The van der Waals surface area contributed by atoms with Crippen LogP contribution < -0.4 is 5.73 Å². The second-order valence-electron chi connectivity index (χ2n) is 2.63. The molecule has 0 spiro atoms. The van der Waals surface area contributed by atoms with Crippen LogP contribution in [0, 0.1) is 6.92 Å². The molecule has 0 bridgehead atoms. The first kappa shape index (κ1) is 8.23. The molecule has 11 heavy (non-hydrogen) atoms. The summed E-state index contributed by atoms with van der Waals surface area (Å²) in [6.07, 6.45) is -0.598. The summed E-state index contributed by atoms with van der Waals surface area (Å²) in [7, 11) is 0. The van der Waals surface area contributed by atoms with Crippen molar-refractivity contribution in [2.75, 3.05) is 0 Å². The summed E-state index contributed by atoms with van der Waals surface area (Å²) in [4.78, 5) is 0. The zero-order valence-corrected chi connectivity index (χ0v) is 6.61. The smallest absolute Gasteiger partial charge is 0.133 e. The van der Waals surface area contributed by atoms with Crippen molar-refractivity contribution in [1.82, 2.24) is 5.16 Å². The van der Waals surface area contributed by atoms with Crippen LogP contribution in [0.4, 0.5) is 0 Å². The van der Waals surface area contributed by atoms with Crippen LogP contribution in [0.1, 0.15) is 24.4 Å². The van der Waals surface area contributed by atoms with Gasteiger partial charge < -0.3 is 15.4 Å². The number of aryl methyl sites for hydroxylation is 1.